The van der Waals surface area contributed by atoms with E-state index in [1.165, 1.54) is 37.1 Å². The van der Waals surface area contributed by atoms with E-state index in [4.69, 9.17) is 0 Å². The maximum absolute atomic E-state index is 4.41. The normalized spacial score (nSPS) is 17.3. The Hall–Kier alpha value is -0.990. The van der Waals surface area contributed by atoms with E-state index in [2.05, 4.69) is 24.3 Å². The molecule has 0 aromatic carbocycles. The molecule has 1 aliphatic rings. The highest BCUT2D eigenvalue weighted by molar-refractivity contribution is 5.51. The van der Waals surface area contributed by atoms with Crippen molar-refractivity contribution in [2.45, 2.75) is 39.5 Å². The maximum Gasteiger partial charge on any atom is 0.0827 e. The van der Waals surface area contributed by atoms with E-state index in [0.29, 0.717) is 0 Å². The second-order valence-electron chi connectivity index (χ2n) is 4.70. The number of nitrogens with one attached hydrogen (secondary N) is 1. The first kappa shape index (κ1) is 10.5. The zero-order valence-corrected chi connectivity index (χ0v) is 10.0. The van der Waals surface area contributed by atoms with Crippen LogP contribution in [0, 0.1) is 19.8 Å². The van der Waals surface area contributed by atoms with Gasteiger partial charge in [0.25, 0.3) is 0 Å². The minimum Gasteiger partial charge on any atom is -0.382 e. The molecule has 0 bridgehead atoms. The van der Waals surface area contributed by atoms with Crippen LogP contribution in [0.15, 0.2) is 0 Å². The van der Waals surface area contributed by atoms with E-state index < -0.39 is 0 Å². The molecule has 0 spiro atoms. The van der Waals surface area contributed by atoms with E-state index in [0.717, 1.165) is 18.2 Å². The van der Waals surface area contributed by atoms with Crippen molar-refractivity contribution in [1.29, 1.82) is 0 Å². The Kier molecular flexibility index (Phi) is 2.98. The predicted octanol–water partition coefficient (Wildman–Crippen LogP) is 2.64. The van der Waals surface area contributed by atoms with E-state index in [9.17, 15) is 0 Å². The van der Waals surface area contributed by atoms with Gasteiger partial charge in [-0.3, -0.25) is 4.68 Å². The number of nitrogens with zero attached hydrogens (tertiary/aromatic N) is 2. The highest BCUT2D eigenvalue weighted by Crippen LogP contribution is 2.26. The molecule has 1 N–H and O–H groups in total. The third kappa shape index (κ3) is 2.16. The molecular weight excluding hydrogens is 186 g/mol. The van der Waals surface area contributed by atoms with Crippen molar-refractivity contribution < 1.29 is 0 Å². The summed E-state index contributed by atoms with van der Waals surface area (Å²) < 4.78 is 1.95. The van der Waals surface area contributed by atoms with Gasteiger partial charge < -0.3 is 5.32 Å². The Bertz CT molecular complexity index is 335. The van der Waals surface area contributed by atoms with Gasteiger partial charge in [0.2, 0.25) is 0 Å². The number of hydrogen-bond donors (Lipinski definition) is 1. The molecule has 1 aromatic heterocycles. The lowest BCUT2D eigenvalue weighted by molar-refractivity contribution is 0.579. The topological polar surface area (TPSA) is 29.9 Å². The van der Waals surface area contributed by atoms with E-state index >= 15 is 0 Å². The molecule has 15 heavy (non-hydrogen) atoms. The van der Waals surface area contributed by atoms with Gasteiger partial charge in [-0.1, -0.05) is 12.8 Å². The number of aromatic nitrogens is 2. The van der Waals surface area contributed by atoms with Crippen molar-refractivity contribution in [3.63, 3.8) is 0 Å². The lowest BCUT2D eigenvalue weighted by Gasteiger charge is -2.11. The average Bonchev–Trinajstić information content (AvgIpc) is 2.76. The van der Waals surface area contributed by atoms with Crippen molar-refractivity contribution in [3.05, 3.63) is 11.4 Å². The van der Waals surface area contributed by atoms with Crippen molar-refractivity contribution >= 4 is 5.69 Å². The van der Waals surface area contributed by atoms with Crippen molar-refractivity contribution in [3.8, 4) is 0 Å². The summed E-state index contributed by atoms with van der Waals surface area (Å²) in [5.41, 5.74) is 3.60. The summed E-state index contributed by atoms with van der Waals surface area (Å²) >= 11 is 0. The third-order valence-electron chi connectivity index (χ3n) is 3.55. The third-order valence-corrected chi connectivity index (χ3v) is 3.55. The molecule has 1 aliphatic carbocycles. The Morgan fingerprint density at radius 1 is 1.33 bits per heavy atom. The Balaban J connectivity index is 1.97. The SMILES string of the molecule is Cc1nn(C)c(C)c1NCC1CCCC1. The summed E-state index contributed by atoms with van der Waals surface area (Å²) in [5, 5.41) is 7.97. The molecule has 0 radical (unpaired) electrons. The van der Waals surface area contributed by atoms with Gasteiger partial charge in [-0.25, -0.2) is 0 Å². The molecule has 1 fully saturated rings. The first-order chi connectivity index (χ1) is 7.18. The van der Waals surface area contributed by atoms with Gasteiger partial charge in [0.15, 0.2) is 0 Å². The van der Waals surface area contributed by atoms with Crippen LogP contribution in [0.5, 0.6) is 0 Å². The Labute approximate surface area is 91.9 Å². The second-order valence-corrected chi connectivity index (χ2v) is 4.70. The highest BCUT2D eigenvalue weighted by atomic mass is 15.3. The fourth-order valence-corrected chi connectivity index (χ4v) is 2.49. The molecule has 0 atom stereocenters. The molecule has 0 amide bonds. The number of aryl methyl sites for hydroxylation is 2. The van der Waals surface area contributed by atoms with Crippen LogP contribution >= 0.6 is 0 Å². The second kappa shape index (κ2) is 4.25. The lowest BCUT2D eigenvalue weighted by atomic mass is 10.1. The van der Waals surface area contributed by atoms with Crippen LogP contribution in [0.1, 0.15) is 37.1 Å². The smallest absolute Gasteiger partial charge is 0.0827 e. The minimum absolute atomic E-state index is 0.879. The summed E-state index contributed by atoms with van der Waals surface area (Å²) in [7, 11) is 2.00. The van der Waals surface area contributed by atoms with Gasteiger partial charge in [-0.2, -0.15) is 5.10 Å². The summed E-state index contributed by atoms with van der Waals surface area (Å²) in [6.45, 7) is 5.31. The highest BCUT2D eigenvalue weighted by Gasteiger charge is 2.16. The summed E-state index contributed by atoms with van der Waals surface area (Å²) in [6, 6.07) is 0. The minimum atomic E-state index is 0.879. The van der Waals surface area contributed by atoms with Gasteiger partial charge in [0, 0.05) is 13.6 Å². The molecule has 0 unspecified atom stereocenters. The zero-order valence-electron chi connectivity index (χ0n) is 10.0. The average molecular weight is 207 g/mol. The fourth-order valence-electron chi connectivity index (χ4n) is 2.49. The summed E-state index contributed by atoms with van der Waals surface area (Å²) in [4.78, 5) is 0. The lowest BCUT2D eigenvalue weighted by Crippen LogP contribution is -2.11. The van der Waals surface area contributed by atoms with Crippen molar-refractivity contribution in [1.82, 2.24) is 9.78 Å². The van der Waals surface area contributed by atoms with Gasteiger partial charge in [0.1, 0.15) is 0 Å². The van der Waals surface area contributed by atoms with Gasteiger partial charge in [0.05, 0.1) is 17.1 Å². The van der Waals surface area contributed by atoms with E-state index in [1.807, 2.05) is 11.7 Å². The first-order valence-corrected chi connectivity index (χ1v) is 5.92. The van der Waals surface area contributed by atoms with Crippen LogP contribution in [0.4, 0.5) is 5.69 Å². The standard InChI is InChI=1S/C12H21N3/c1-9-12(10(2)15(3)14-9)13-8-11-6-4-5-7-11/h11,13H,4-8H2,1-3H3. The monoisotopic (exact) mass is 207 g/mol. The van der Waals surface area contributed by atoms with Crippen LogP contribution < -0.4 is 5.32 Å². The fraction of sp³-hybridized carbons (Fsp3) is 0.750. The molecular formula is C12H21N3. The number of rotatable bonds is 3. The van der Waals surface area contributed by atoms with Crippen LogP contribution in [0.3, 0.4) is 0 Å². The molecule has 1 heterocycles. The summed E-state index contributed by atoms with van der Waals surface area (Å²) in [6.07, 6.45) is 5.62. The Morgan fingerprint density at radius 2 is 2.00 bits per heavy atom. The van der Waals surface area contributed by atoms with E-state index in [-0.39, 0.29) is 0 Å². The molecule has 0 saturated heterocycles. The first-order valence-electron chi connectivity index (χ1n) is 5.92. The van der Waals surface area contributed by atoms with Gasteiger partial charge >= 0.3 is 0 Å². The van der Waals surface area contributed by atoms with Crippen LogP contribution in [-0.2, 0) is 7.05 Å². The van der Waals surface area contributed by atoms with Crippen molar-refractivity contribution in [2.75, 3.05) is 11.9 Å². The molecule has 0 aliphatic heterocycles. The predicted molar refractivity (Wildman–Crippen MR) is 63.1 cm³/mol. The molecule has 3 nitrogen and oxygen atoms in total. The van der Waals surface area contributed by atoms with Gasteiger partial charge in [-0.15, -0.1) is 0 Å². The van der Waals surface area contributed by atoms with Crippen LogP contribution in [0.2, 0.25) is 0 Å². The van der Waals surface area contributed by atoms with E-state index in [1.54, 1.807) is 0 Å². The molecule has 3 heteroatoms. The largest absolute Gasteiger partial charge is 0.382 e. The quantitative estimate of drug-likeness (QED) is 0.825. The molecule has 2 rings (SSSR count). The zero-order chi connectivity index (χ0) is 10.8. The van der Waals surface area contributed by atoms with Crippen LogP contribution in [-0.4, -0.2) is 16.3 Å². The Morgan fingerprint density at radius 3 is 2.53 bits per heavy atom. The number of anilines is 1. The van der Waals surface area contributed by atoms with Crippen LogP contribution in [0.25, 0.3) is 0 Å². The van der Waals surface area contributed by atoms with Gasteiger partial charge in [-0.05, 0) is 32.6 Å². The number of hydrogen-bond acceptors (Lipinski definition) is 2. The summed E-state index contributed by atoms with van der Waals surface area (Å²) in [5.74, 6) is 0.879. The molecule has 84 valence electrons. The molecule has 1 aromatic rings. The maximum atomic E-state index is 4.41. The van der Waals surface area contributed by atoms with Crippen molar-refractivity contribution in [2.24, 2.45) is 13.0 Å². The molecule has 1 saturated carbocycles.